The van der Waals surface area contributed by atoms with Crippen LogP contribution in [0.1, 0.15) is 42.6 Å². The Labute approximate surface area is 134 Å². The molecule has 0 aliphatic heterocycles. The number of hydrogen-bond acceptors (Lipinski definition) is 6. The van der Waals surface area contributed by atoms with Crippen LogP contribution < -0.4 is 5.32 Å². The van der Waals surface area contributed by atoms with Crippen LogP contribution in [0.25, 0.3) is 0 Å². The second kappa shape index (κ2) is 6.44. The first-order valence-corrected chi connectivity index (χ1v) is 7.12. The van der Waals surface area contributed by atoms with E-state index in [1.807, 2.05) is 26.8 Å². The van der Waals surface area contributed by atoms with Crippen molar-refractivity contribution in [3.8, 4) is 6.07 Å². The molecule has 1 N–H and O–H groups in total. The van der Waals surface area contributed by atoms with Crippen LogP contribution in [0.5, 0.6) is 0 Å². The molecule has 0 radical (unpaired) electrons. The summed E-state index contributed by atoms with van der Waals surface area (Å²) >= 11 is 0. The Balaban J connectivity index is 2.27. The molecule has 0 aromatic carbocycles. The van der Waals surface area contributed by atoms with Crippen LogP contribution >= 0.6 is 0 Å². The molecule has 2 aromatic heterocycles. The first kappa shape index (κ1) is 16.4. The fourth-order valence-electron chi connectivity index (χ4n) is 1.88. The van der Waals surface area contributed by atoms with Crippen molar-refractivity contribution in [2.24, 2.45) is 0 Å². The molecular formula is C17H18N4O2. The zero-order valence-corrected chi connectivity index (χ0v) is 13.5. The zero-order valence-electron chi connectivity index (χ0n) is 13.5. The van der Waals surface area contributed by atoms with Crippen LogP contribution in [-0.2, 0) is 5.41 Å². The van der Waals surface area contributed by atoms with Crippen molar-refractivity contribution >= 4 is 11.7 Å². The van der Waals surface area contributed by atoms with E-state index in [-0.39, 0.29) is 11.0 Å². The predicted molar refractivity (Wildman–Crippen MR) is 85.8 cm³/mol. The molecule has 6 heteroatoms. The van der Waals surface area contributed by atoms with Gasteiger partial charge in [0.2, 0.25) is 11.7 Å². The Morgan fingerprint density at radius 1 is 1.35 bits per heavy atom. The number of aromatic nitrogens is 2. The van der Waals surface area contributed by atoms with Crippen molar-refractivity contribution in [2.75, 3.05) is 5.32 Å². The Morgan fingerprint density at radius 3 is 2.52 bits per heavy atom. The summed E-state index contributed by atoms with van der Waals surface area (Å²) in [6.45, 7) is 7.70. The molecule has 0 amide bonds. The number of nitriles is 1. The lowest BCUT2D eigenvalue weighted by Crippen LogP contribution is -2.09. The van der Waals surface area contributed by atoms with Crippen LogP contribution in [0.2, 0.25) is 0 Å². The molecular weight excluding hydrogens is 292 g/mol. The molecule has 23 heavy (non-hydrogen) atoms. The SMILES string of the molecule is Cc1oc(C(C)(C)C)cc1C(=O)C(C#N)=CNc1ncccn1. The Bertz CT molecular complexity index is 777. The van der Waals surface area contributed by atoms with E-state index in [2.05, 4.69) is 15.3 Å². The number of anilines is 1. The van der Waals surface area contributed by atoms with Crippen molar-refractivity contribution in [3.05, 3.63) is 53.4 Å². The lowest BCUT2D eigenvalue weighted by atomic mass is 9.92. The number of carbonyl (C=O) groups excluding carboxylic acids is 1. The monoisotopic (exact) mass is 310 g/mol. The predicted octanol–water partition coefficient (Wildman–Crippen LogP) is 3.38. The van der Waals surface area contributed by atoms with Crippen LogP contribution in [-0.4, -0.2) is 15.8 Å². The number of furan rings is 1. The van der Waals surface area contributed by atoms with Crippen LogP contribution in [0.4, 0.5) is 5.95 Å². The molecule has 118 valence electrons. The summed E-state index contributed by atoms with van der Waals surface area (Å²) in [7, 11) is 0. The molecule has 0 fully saturated rings. The summed E-state index contributed by atoms with van der Waals surface area (Å²) in [5.74, 6) is 1.12. The number of hydrogen-bond donors (Lipinski definition) is 1. The fourth-order valence-corrected chi connectivity index (χ4v) is 1.88. The van der Waals surface area contributed by atoms with Gasteiger partial charge in [-0.05, 0) is 19.1 Å². The van der Waals surface area contributed by atoms with Gasteiger partial charge in [-0.1, -0.05) is 20.8 Å². The highest BCUT2D eigenvalue weighted by Gasteiger charge is 2.24. The topological polar surface area (TPSA) is 91.8 Å². The molecule has 0 aliphatic carbocycles. The molecule has 0 saturated heterocycles. The maximum absolute atomic E-state index is 12.5. The second-order valence-corrected chi connectivity index (χ2v) is 6.05. The van der Waals surface area contributed by atoms with Gasteiger partial charge in [0.1, 0.15) is 23.2 Å². The standard InChI is InChI=1S/C17H18N4O2/c1-11-13(8-14(23-11)17(2,3)4)15(22)12(9-18)10-21-16-19-6-5-7-20-16/h5-8,10H,1-4H3,(H,19,20,21). The third kappa shape index (κ3) is 3.83. The lowest BCUT2D eigenvalue weighted by molar-refractivity contribution is 0.103. The second-order valence-electron chi connectivity index (χ2n) is 6.05. The van der Waals surface area contributed by atoms with Gasteiger partial charge in [0, 0.05) is 24.0 Å². The van der Waals surface area contributed by atoms with E-state index < -0.39 is 5.78 Å². The van der Waals surface area contributed by atoms with Gasteiger partial charge in [0.25, 0.3) is 0 Å². The summed E-state index contributed by atoms with van der Waals surface area (Å²) in [5.41, 5.74) is 0.135. The molecule has 6 nitrogen and oxygen atoms in total. The highest BCUT2D eigenvalue weighted by Crippen LogP contribution is 2.28. The lowest BCUT2D eigenvalue weighted by Gasteiger charge is -2.13. The molecule has 2 aromatic rings. The van der Waals surface area contributed by atoms with Gasteiger partial charge in [-0.25, -0.2) is 9.97 Å². The van der Waals surface area contributed by atoms with Gasteiger partial charge < -0.3 is 9.73 Å². The fraction of sp³-hybridized carbons (Fsp3) is 0.294. The van der Waals surface area contributed by atoms with Crippen molar-refractivity contribution in [1.29, 1.82) is 5.26 Å². The van der Waals surface area contributed by atoms with Crippen molar-refractivity contribution in [1.82, 2.24) is 9.97 Å². The first-order valence-electron chi connectivity index (χ1n) is 7.12. The number of aryl methyl sites for hydroxylation is 1. The minimum Gasteiger partial charge on any atom is -0.465 e. The number of nitrogens with zero attached hydrogens (tertiary/aromatic N) is 3. The third-order valence-electron chi connectivity index (χ3n) is 3.18. The minimum absolute atomic E-state index is 0.0400. The normalized spacial score (nSPS) is 11.9. The van der Waals surface area contributed by atoms with Gasteiger partial charge in [-0.15, -0.1) is 0 Å². The summed E-state index contributed by atoms with van der Waals surface area (Å²) in [6.07, 6.45) is 4.43. The Hall–Kier alpha value is -2.94. The average Bonchev–Trinajstić information content (AvgIpc) is 2.91. The molecule has 0 atom stereocenters. The largest absolute Gasteiger partial charge is 0.465 e. The van der Waals surface area contributed by atoms with Crippen molar-refractivity contribution < 1.29 is 9.21 Å². The van der Waals surface area contributed by atoms with Crippen LogP contribution in [0.3, 0.4) is 0 Å². The van der Waals surface area contributed by atoms with E-state index >= 15 is 0 Å². The summed E-state index contributed by atoms with van der Waals surface area (Å²) in [6, 6.07) is 5.27. The highest BCUT2D eigenvalue weighted by molar-refractivity contribution is 6.12. The molecule has 0 bridgehead atoms. The third-order valence-corrected chi connectivity index (χ3v) is 3.18. The van der Waals surface area contributed by atoms with Gasteiger partial charge >= 0.3 is 0 Å². The highest BCUT2D eigenvalue weighted by atomic mass is 16.3. The Morgan fingerprint density at radius 2 is 2.00 bits per heavy atom. The average molecular weight is 310 g/mol. The molecule has 0 spiro atoms. The summed E-state index contributed by atoms with van der Waals surface area (Å²) in [5, 5.41) is 12.0. The molecule has 2 rings (SSSR count). The maximum Gasteiger partial charge on any atom is 0.226 e. The van der Waals surface area contributed by atoms with Crippen molar-refractivity contribution in [3.63, 3.8) is 0 Å². The molecule has 0 saturated carbocycles. The van der Waals surface area contributed by atoms with Gasteiger partial charge in [-0.2, -0.15) is 5.26 Å². The van der Waals surface area contributed by atoms with Crippen LogP contribution in [0.15, 0.2) is 40.7 Å². The number of carbonyl (C=O) groups is 1. The van der Waals surface area contributed by atoms with E-state index in [0.29, 0.717) is 23.0 Å². The van der Waals surface area contributed by atoms with Gasteiger partial charge in [-0.3, -0.25) is 4.79 Å². The summed E-state index contributed by atoms with van der Waals surface area (Å²) in [4.78, 5) is 20.5. The molecule has 0 aliphatic rings. The van der Waals surface area contributed by atoms with E-state index in [1.165, 1.54) is 6.20 Å². The number of rotatable bonds is 4. The zero-order chi connectivity index (χ0) is 17.0. The van der Waals surface area contributed by atoms with E-state index in [1.54, 1.807) is 31.5 Å². The van der Waals surface area contributed by atoms with Gasteiger partial charge in [0.05, 0.1) is 5.56 Å². The van der Waals surface area contributed by atoms with E-state index in [9.17, 15) is 10.1 Å². The van der Waals surface area contributed by atoms with Crippen LogP contribution in [0, 0.1) is 18.3 Å². The number of allylic oxidation sites excluding steroid dienone is 1. The van der Waals surface area contributed by atoms with E-state index in [4.69, 9.17) is 4.42 Å². The smallest absolute Gasteiger partial charge is 0.226 e. The minimum atomic E-state index is -0.396. The van der Waals surface area contributed by atoms with E-state index in [0.717, 1.165) is 0 Å². The van der Waals surface area contributed by atoms with Gasteiger partial charge in [0.15, 0.2) is 0 Å². The first-order chi connectivity index (χ1) is 10.8. The quantitative estimate of drug-likeness (QED) is 0.529. The number of ketones is 1. The number of nitrogens with one attached hydrogen (secondary N) is 1. The van der Waals surface area contributed by atoms with Crippen molar-refractivity contribution in [2.45, 2.75) is 33.1 Å². The molecule has 0 unspecified atom stereocenters. The number of Topliss-reactive ketones (excluding diaryl/α,β-unsaturated/α-hetero) is 1. The summed E-state index contributed by atoms with van der Waals surface area (Å²) < 4.78 is 5.66. The maximum atomic E-state index is 12.5. The molecule has 2 heterocycles. The Kier molecular flexibility index (Phi) is 4.60.